The minimum atomic E-state index is -0.352. The molecule has 2 amide bonds. The van der Waals surface area contributed by atoms with Crippen molar-refractivity contribution in [2.45, 2.75) is 20.3 Å². The Balaban J connectivity index is 1.37. The van der Waals surface area contributed by atoms with Gasteiger partial charge in [0.1, 0.15) is 17.2 Å². The molecule has 0 aliphatic carbocycles. The number of para-hydroxylation sites is 1. The molecule has 172 valence electrons. The largest absolute Gasteiger partial charge is 0.456 e. The maximum atomic E-state index is 12.7. The Morgan fingerprint density at radius 1 is 0.941 bits per heavy atom. The first kappa shape index (κ1) is 22.7. The van der Waals surface area contributed by atoms with Crippen LogP contribution in [0, 0.1) is 6.92 Å². The molecule has 0 fully saturated rings. The average molecular weight is 457 g/mol. The normalized spacial score (nSPS) is 10.5. The number of benzene rings is 2. The van der Waals surface area contributed by atoms with Gasteiger partial charge in [0, 0.05) is 12.2 Å². The maximum absolute atomic E-state index is 12.7. The van der Waals surface area contributed by atoms with Crippen molar-refractivity contribution >= 4 is 17.5 Å². The van der Waals surface area contributed by atoms with Gasteiger partial charge in [0.05, 0.1) is 17.6 Å². The molecule has 0 atom stereocenters. The molecule has 9 heteroatoms. The van der Waals surface area contributed by atoms with E-state index in [1.165, 1.54) is 6.20 Å². The summed E-state index contributed by atoms with van der Waals surface area (Å²) >= 11 is 0. The summed E-state index contributed by atoms with van der Waals surface area (Å²) in [6.45, 7) is 4.39. The molecule has 0 radical (unpaired) electrons. The number of rotatable bonds is 8. The van der Waals surface area contributed by atoms with Crippen LogP contribution in [0.2, 0.25) is 0 Å². The number of amides is 2. The number of ether oxygens (including phenoxy) is 1. The lowest BCUT2D eigenvalue weighted by atomic mass is 10.2. The zero-order valence-corrected chi connectivity index (χ0v) is 18.9. The second kappa shape index (κ2) is 10.4. The van der Waals surface area contributed by atoms with Gasteiger partial charge in [0.25, 0.3) is 11.8 Å². The highest BCUT2D eigenvalue weighted by molar-refractivity contribution is 6.03. The molecular formula is C25H24N6O3. The molecule has 0 saturated heterocycles. The van der Waals surface area contributed by atoms with Crippen molar-refractivity contribution in [3.63, 3.8) is 0 Å². The van der Waals surface area contributed by atoms with Crippen molar-refractivity contribution in [2.24, 2.45) is 0 Å². The van der Waals surface area contributed by atoms with E-state index in [1.54, 1.807) is 48.0 Å². The summed E-state index contributed by atoms with van der Waals surface area (Å²) in [7, 11) is 0. The molecule has 2 aromatic carbocycles. The van der Waals surface area contributed by atoms with Gasteiger partial charge in [-0.3, -0.25) is 9.59 Å². The van der Waals surface area contributed by atoms with Crippen LogP contribution in [0.1, 0.15) is 40.0 Å². The molecule has 2 N–H and O–H groups in total. The molecule has 4 aromatic rings. The second-order valence-corrected chi connectivity index (χ2v) is 7.49. The first-order valence-corrected chi connectivity index (χ1v) is 10.9. The Labute approximate surface area is 196 Å². The lowest BCUT2D eigenvalue weighted by molar-refractivity contribution is 0.0947. The van der Waals surface area contributed by atoms with Gasteiger partial charge in [0.2, 0.25) is 0 Å². The van der Waals surface area contributed by atoms with E-state index in [9.17, 15) is 9.59 Å². The number of nitrogens with zero attached hydrogens (tertiary/aromatic N) is 4. The lowest BCUT2D eigenvalue weighted by Crippen LogP contribution is -2.24. The van der Waals surface area contributed by atoms with Gasteiger partial charge < -0.3 is 15.4 Å². The standard InChI is InChI=1S/C25H24N6O3/c1-3-15-26-24(32)22-14-13-21(16-27-22)34-20-11-9-18(10-12-20)28-25(33)23-17(2)31(30-29-23)19-7-5-4-6-8-19/h4-14,16H,3,15H2,1-2H3,(H,26,32)(H,28,33). The van der Waals surface area contributed by atoms with Crippen LogP contribution in [-0.2, 0) is 0 Å². The summed E-state index contributed by atoms with van der Waals surface area (Å²) in [5.41, 5.74) is 2.64. The summed E-state index contributed by atoms with van der Waals surface area (Å²) in [4.78, 5) is 28.8. The SMILES string of the molecule is CCCNC(=O)c1ccc(Oc2ccc(NC(=O)c3nnn(-c4ccccc4)c3C)cc2)cn1. The van der Waals surface area contributed by atoms with E-state index < -0.39 is 0 Å². The molecule has 2 aromatic heterocycles. The van der Waals surface area contributed by atoms with E-state index in [0.717, 1.165) is 12.1 Å². The molecule has 4 rings (SSSR count). The molecule has 0 unspecified atom stereocenters. The Morgan fingerprint density at radius 3 is 2.35 bits per heavy atom. The highest BCUT2D eigenvalue weighted by Crippen LogP contribution is 2.23. The van der Waals surface area contributed by atoms with Gasteiger partial charge in [-0.2, -0.15) is 0 Å². The number of anilines is 1. The van der Waals surface area contributed by atoms with Gasteiger partial charge in [0.15, 0.2) is 5.69 Å². The highest BCUT2D eigenvalue weighted by atomic mass is 16.5. The third kappa shape index (κ3) is 5.26. The fraction of sp³-hybridized carbons (Fsp3) is 0.160. The van der Waals surface area contributed by atoms with E-state index in [0.29, 0.717) is 35.1 Å². The fourth-order valence-electron chi connectivity index (χ4n) is 3.19. The maximum Gasteiger partial charge on any atom is 0.278 e. The van der Waals surface area contributed by atoms with Crippen molar-refractivity contribution in [1.82, 2.24) is 25.3 Å². The highest BCUT2D eigenvalue weighted by Gasteiger charge is 2.17. The Kier molecular flexibility index (Phi) is 6.92. The number of hydrogen-bond acceptors (Lipinski definition) is 6. The summed E-state index contributed by atoms with van der Waals surface area (Å²) in [6, 6.07) is 19.7. The lowest BCUT2D eigenvalue weighted by Gasteiger charge is -2.08. The van der Waals surface area contributed by atoms with Crippen LogP contribution in [0.25, 0.3) is 5.69 Å². The Bertz CT molecular complexity index is 1270. The molecule has 0 spiro atoms. The molecule has 34 heavy (non-hydrogen) atoms. The molecule has 0 aliphatic rings. The van der Waals surface area contributed by atoms with Crippen LogP contribution in [0.15, 0.2) is 72.9 Å². The van der Waals surface area contributed by atoms with Gasteiger partial charge in [-0.1, -0.05) is 30.3 Å². The van der Waals surface area contributed by atoms with Gasteiger partial charge >= 0.3 is 0 Å². The minimum Gasteiger partial charge on any atom is -0.456 e. The van der Waals surface area contributed by atoms with Crippen LogP contribution < -0.4 is 15.4 Å². The summed E-state index contributed by atoms with van der Waals surface area (Å²) in [5, 5.41) is 13.7. The molecule has 0 bridgehead atoms. The number of carbonyl (C=O) groups excluding carboxylic acids is 2. The summed E-state index contributed by atoms with van der Waals surface area (Å²) < 4.78 is 7.40. The average Bonchev–Trinajstić information content (AvgIpc) is 3.26. The van der Waals surface area contributed by atoms with E-state index in [1.807, 2.05) is 37.3 Å². The zero-order valence-electron chi connectivity index (χ0n) is 18.9. The second-order valence-electron chi connectivity index (χ2n) is 7.49. The third-order valence-corrected chi connectivity index (χ3v) is 4.96. The fourth-order valence-corrected chi connectivity index (χ4v) is 3.19. The van der Waals surface area contributed by atoms with E-state index in [4.69, 9.17) is 4.74 Å². The predicted molar refractivity (Wildman–Crippen MR) is 127 cm³/mol. The summed E-state index contributed by atoms with van der Waals surface area (Å²) in [6.07, 6.45) is 2.35. The van der Waals surface area contributed by atoms with Crippen molar-refractivity contribution in [1.29, 1.82) is 0 Å². The van der Waals surface area contributed by atoms with Crippen molar-refractivity contribution in [2.75, 3.05) is 11.9 Å². The van der Waals surface area contributed by atoms with E-state index in [-0.39, 0.29) is 17.5 Å². The zero-order chi connectivity index (χ0) is 23.9. The van der Waals surface area contributed by atoms with Crippen LogP contribution >= 0.6 is 0 Å². The molecule has 0 aliphatic heterocycles. The molecule has 2 heterocycles. The topological polar surface area (TPSA) is 111 Å². The number of nitrogens with one attached hydrogen (secondary N) is 2. The number of hydrogen-bond donors (Lipinski definition) is 2. The van der Waals surface area contributed by atoms with Gasteiger partial charge in [-0.05, 0) is 61.9 Å². The quantitative estimate of drug-likeness (QED) is 0.412. The monoisotopic (exact) mass is 456 g/mol. The Hall–Kier alpha value is -4.53. The van der Waals surface area contributed by atoms with Gasteiger partial charge in [-0.15, -0.1) is 5.10 Å². The van der Waals surface area contributed by atoms with Crippen LogP contribution in [-0.4, -0.2) is 38.3 Å². The first-order valence-electron chi connectivity index (χ1n) is 10.9. The van der Waals surface area contributed by atoms with Crippen LogP contribution in [0.3, 0.4) is 0 Å². The predicted octanol–water partition coefficient (Wildman–Crippen LogP) is 4.16. The van der Waals surface area contributed by atoms with Crippen molar-refractivity contribution < 1.29 is 14.3 Å². The molecule has 9 nitrogen and oxygen atoms in total. The van der Waals surface area contributed by atoms with E-state index >= 15 is 0 Å². The Morgan fingerprint density at radius 2 is 1.68 bits per heavy atom. The van der Waals surface area contributed by atoms with E-state index in [2.05, 4.69) is 25.9 Å². The van der Waals surface area contributed by atoms with Gasteiger partial charge in [-0.25, -0.2) is 9.67 Å². The molecular weight excluding hydrogens is 432 g/mol. The van der Waals surface area contributed by atoms with Crippen LogP contribution in [0.5, 0.6) is 11.5 Å². The van der Waals surface area contributed by atoms with Crippen LogP contribution in [0.4, 0.5) is 5.69 Å². The molecule has 0 saturated carbocycles. The van der Waals surface area contributed by atoms with Crippen molar-refractivity contribution in [3.8, 4) is 17.2 Å². The summed E-state index contributed by atoms with van der Waals surface area (Å²) in [5.74, 6) is 0.494. The first-order chi connectivity index (χ1) is 16.5. The van der Waals surface area contributed by atoms with Crippen molar-refractivity contribution in [3.05, 3.63) is 90.0 Å². The smallest absolute Gasteiger partial charge is 0.278 e. The number of carbonyl (C=O) groups is 2. The number of aromatic nitrogens is 4. The number of pyridine rings is 1. The minimum absolute atomic E-state index is 0.215. The third-order valence-electron chi connectivity index (χ3n) is 4.96.